The van der Waals surface area contributed by atoms with Gasteiger partial charge in [0.2, 0.25) is 0 Å². The van der Waals surface area contributed by atoms with Gasteiger partial charge in [-0.15, -0.1) is 0 Å². The first-order chi connectivity index (χ1) is 9.06. The van der Waals surface area contributed by atoms with Gasteiger partial charge in [-0.05, 0) is 31.0 Å². The van der Waals surface area contributed by atoms with Gasteiger partial charge < -0.3 is 5.73 Å². The lowest BCUT2D eigenvalue weighted by Gasteiger charge is -2.25. The highest BCUT2D eigenvalue weighted by molar-refractivity contribution is 9.10. The molecule has 1 nitrogen and oxygen atoms in total. The molecule has 0 aliphatic carbocycles. The first-order valence-electron chi connectivity index (χ1n) is 7.61. The maximum absolute atomic E-state index is 6.45. The Hall–Kier alpha value is -0.340. The van der Waals surface area contributed by atoms with E-state index in [-0.39, 0.29) is 5.54 Å². The molecule has 0 saturated carbocycles. The summed E-state index contributed by atoms with van der Waals surface area (Å²) in [5.74, 6) is 0. The van der Waals surface area contributed by atoms with Crippen molar-refractivity contribution in [1.82, 2.24) is 0 Å². The predicted octanol–water partition coefficient (Wildman–Crippen LogP) is 5.76. The van der Waals surface area contributed by atoms with E-state index in [1.54, 1.807) is 0 Å². The Labute approximate surface area is 127 Å². The van der Waals surface area contributed by atoms with E-state index in [9.17, 15) is 0 Å². The fourth-order valence-electron chi connectivity index (χ4n) is 2.44. The van der Waals surface area contributed by atoms with Crippen molar-refractivity contribution in [2.24, 2.45) is 5.73 Å². The first kappa shape index (κ1) is 16.7. The highest BCUT2D eigenvalue weighted by Crippen LogP contribution is 2.26. The summed E-state index contributed by atoms with van der Waals surface area (Å²) in [4.78, 5) is 0. The normalized spacial score (nSPS) is 14.3. The van der Waals surface area contributed by atoms with Gasteiger partial charge in [0.1, 0.15) is 0 Å². The Morgan fingerprint density at radius 3 is 2.32 bits per heavy atom. The minimum absolute atomic E-state index is 0.201. The monoisotopic (exact) mass is 325 g/mol. The predicted molar refractivity (Wildman–Crippen MR) is 88.3 cm³/mol. The number of rotatable bonds is 9. The average Bonchev–Trinajstić information content (AvgIpc) is 2.38. The van der Waals surface area contributed by atoms with Gasteiger partial charge in [0.15, 0.2) is 0 Å². The van der Waals surface area contributed by atoms with E-state index in [0.717, 1.165) is 10.9 Å². The maximum Gasteiger partial charge on any atom is 0.0381 e. The van der Waals surface area contributed by atoms with Crippen molar-refractivity contribution in [3.8, 4) is 0 Å². The van der Waals surface area contributed by atoms with Gasteiger partial charge in [0.25, 0.3) is 0 Å². The van der Waals surface area contributed by atoms with Crippen LogP contribution in [0.15, 0.2) is 28.7 Å². The average molecular weight is 326 g/mol. The van der Waals surface area contributed by atoms with E-state index < -0.39 is 0 Å². The quantitative estimate of drug-likeness (QED) is 0.573. The van der Waals surface area contributed by atoms with Crippen LogP contribution in [0.3, 0.4) is 0 Å². The van der Waals surface area contributed by atoms with Crippen LogP contribution < -0.4 is 5.73 Å². The largest absolute Gasteiger partial charge is 0.322 e. The highest BCUT2D eigenvalue weighted by Gasteiger charge is 2.20. The Balaban J connectivity index is 2.27. The van der Waals surface area contributed by atoms with E-state index in [2.05, 4.69) is 48.0 Å². The molecule has 108 valence electrons. The lowest BCUT2D eigenvalue weighted by atomic mass is 9.87. The van der Waals surface area contributed by atoms with Gasteiger partial charge in [0.05, 0.1) is 0 Å². The van der Waals surface area contributed by atoms with E-state index in [0.29, 0.717) is 0 Å². The summed E-state index contributed by atoms with van der Waals surface area (Å²) in [6, 6.07) is 8.38. The minimum atomic E-state index is -0.201. The Kier molecular flexibility index (Phi) is 7.70. The van der Waals surface area contributed by atoms with E-state index >= 15 is 0 Å². The van der Waals surface area contributed by atoms with Crippen LogP contribution in [0.1, 0.15) is 70.8 Å². The van der Waals surface area contributed by atoms with Crippen LogP contribution in [-0.2, 0) is 5.54 Å². The third kappa shape index (κ3) is 6.58. The van der Waals surface area contributed by atoms with Crippen LogP contribution in [0.25, 0.3) is 0 Å². The third-order valence-corrected chi connectivity index (χ3v) is 4.28. The van der Waals surface area contributed by atoms with Crippen molar-refractivity contribution >= 4 is 15.9 Å². The number of hydrogen-bond donors (Lipinski definition) is 1. The molecule has 2 N–H and O–H groups in total. The fraction of sp³-hybridized carbons (Fsp3) is 0.647. The molecule has 0 saturated heterocycles. The lowest BCUT2D eigenvalue weighted by Crippen LogP contribution is -2.32. The number of halogens is 1. The highest BCUT2D eigenvalue weighted by atomic mass is 79.9. The van der Waals surface area contributed by atoms with E-state index in [4.69, 9.17) is 5.73 Å². The van der Waals surface area contributed by atoms with Crippen molar-refractivity contribution in [2.45, 2.75) is 70.8 Å². The van der Waals surface area contributed by atoms with Crippen LogP contribution in [0.5, 0.6) is 0 Å². The molecule has 0 radical (unpaired) electrons. The molecule has 0 amide bonds. The summed E-state index contributed by atoms with van der Waals surface area (Å²) in [7, 11) is 0. The summed E-state index contributed by atoms with van der Waals surface area (Å²) in [5, 5.41) is 0. The maximum atomic E-state index is 6.45. The second-order valence-corrected chi connectivity index (χ2v) is 6.71. The Morgan fingerprint density at radius 1 is 1.05 bits per heavy atom. The zero-order chi connectivity index (χ0) is 14.1. The Morgan fingerprint density at radius 2 is 1.68 bits per heavy atom. The standard InChI is InChI=1S/C17H28BrN/c1-3-4-5-6-7-8-9-13-17(2,19)15-11-10-12-16(18)14-15/h10-12,14H,3-9,13,19H2,1-2H3. The third-order valence-electron chi connectivity index (χ3n) is 3.78. The molecule has 1 aromatic carbocycles. The van der Waals surface area contributed by atoms with Crippen LogP contribution >= 0.6 is 15.9 Å². The van der Waals surface area contributed by atoms with Crippen molar-refractivity contribution in [2.75, 3.05) is 0 Å². The van der Waals surface area contributed by atoms with Gasteiger partial charge in [-0.3, -0.25) is 0 Å². The van der Waals surface area contributed by atoms with E-state index in [1.807, 2.05) is 6.07 Å². The summed E-state index contributed by atoms with van der Waals surface area (Å²) in [5.41, 5.74) is 7.48. The Bertz CT molecular complexity index is 360. The summed E-state index contributed by atoms with van der Waals surface area (Å²) >= 11 is 3.52. The number of benzene rings is 1. The second kappa shape index (κ2) is 8.76. The van der Waals surface area contributed by atoms with Gasteiger partial charge in [0, 0.05) is 10.0 Å². The molecular formula is C17H28BrN. The summed E-state index contributed by atoms with van der Waals surface area (Å²) in [6.07, 6.45) is 10.4. The summed E-state index contributed by atoms with van der Waals surface area (Å²) < 4.78 is 1.11. The van der Waals surface area contributed by atoms with Crippen LogP contribution in [-0.4, -0.2) is 0 Å². The molecule has 0 aliphatic rings. The SMILES string of the molecule is CCCCCCCCCC(C)(N)c1cccc(Br)c1. The van der Waals surface area contributed by atoms with Crippen LogP contribution in [0.2, 0.25) is 0 Å². The molecule has 0 fully saturated rings. The first-order valence-corrected chi connectivity index (χ1v) is 8.40. The molecule has 1 unspecified atom stereocenters. The van der Waals surface area contributed by atoms with Crippen molar-refractivity contribution < 1.29 is 0 Å². The topological polar surface area (TPSA) is 26.0 Å². The molecular weight excluding hydrogens is 298 g/mol. The molecule has 0 aliphatic heterocycles. The molecule has 19 heavy (non-hydrogen) atoms. The molecule has 0 aromatic heterocycles. The van der Waals surface area contributed by atoms with Crippen molar-refractivity contribution in [3.63, 3.8) is 0 Å². The number of nitrogens with two attached hydrogens (primary N) is 1. The molecule has 0 bridgehead atoms. The summed E-state index contributed by atoms with van der Waals surface area (Å²) in [6.45, 7) is 4.41. The van der Waals surface area contributed by atoms with Gasteiger partial charge >= 0.3 is 0 Å². The molecule has 1 rings (SSSR count). The molecule has 1 aromatic rings. The lowest BCUT2D eigenvalue weighted by molar-refractivity contribution is 0.420. The molecule has 0 spiro atoms. The fourth-order valence-corrected chi connectivity index (χ4v) is 2.84. The van der Waals surface area contributed by atoms with Crippen LogP contribution in [0, 0.1) is 0 Å². The van der Waals surface area contributed by atoms with E-state index in [1.165, 1.54) is 50.5 Å². The molecule has 2 heteroatoms. The number of unbranched alkanes of at least 4 members (excludes halogenated alkanes) is 6. The minimum Gasteiger partial charge on any atom is -0.322 e. The van der Waals surface area contributed by atoms with Gasteiger partial charge in [-0.2, -0.15) is 0 Å². The zero-order valence-corrected chi connectivity index (χ0v) is 14.0. The second-order valence-electron chi connectivity index (χ2n) is 5.80. The van der Waals surface area contributed by atoms with Gasteiger partial charge in [-0.1, -0.05) is 79.9 Å². The zero-order valence-electron chi connectivity index (χ0n) is 12.4. The smallest absolute Gasteiger partial charge is 0.0381 e. The van der Waals surface area contributed by atoms with Crippen LogP contribution in [0.4, 0.5) is 0 Å². The van der Waals surface area contributed by atoms with Gasteiger partial charge in [-0.25, -0.2) is 0 Å². The van der Waals surface area contributed by atoms with Crippen molar-refractivity contribution in [1.29, 1.82) is 0 Å². The van der Waals surface area contributed by atoms with Crippen molar-refractivity contribution in [3.05, 3.63) is 34.3 Å². The molecule has 0 heterocycles. The molecule has 1 atom stereocenters. The number of hydrogen-bond acceptors (Lipinski definition) is 1.